The lowest BCUT2D eigenvalue weighted by atomic mass is 9.99. The number of methoxy groups -OCH3 is 1. The van der Waals surface area contributed by atoms with Crippen LogP contribution in [-0.4, -0.2) is 24.6 Å². The van der Waals surface area contributed by atoms with Gasteiger partial charge in [0.2, 0.25) is 0 Å². The number of ether oxygens (including phenoxy) is 2. The zero-order valence-electron chi connectivity index (χ0n) is 19.9. The summed E-state index contributed by atoms with van der Waals surface area (Å²) in [6.07, 6.45) is 0. The monoisotopic (exact) mass is 495 g/mol. The predicted octanol–water partition coefficient (Wildman–Crippen LogP) is 6.87. The van der Waals surface area contributed by atoms with E-state index < -0.39 is 0 Å². The number of benzene rings is 3. The molecular formula is C29H25N3O3S. The Kier molecular flexibility index (Phi) is 6.56. The quantitative estimate of drug-likeness (QED) is 0.257. The lowest BCUT2D eigenvalue weighted by molar-refractivity contribution is 0.103. The van der Waals surface area contributed by atoms with E-state index in [4.69, 9.17) is 20.2 Å². The lowest BCUT2D eigenvalue weighted by Gasteiger charge is -2.11. The van der Waals surface area contributed by atoms with Crippen LogP contribution < -0.4 is 20.5 Å². The Hall–Kier alpha value is -4.36. The first kappa shape index (κ1) is 23.4. The number of pyridine rings is 1. The maximum Gasteiger partial charge on any atom is 0.268 e. The van der Waals surface area contributed by atoms with Crippen LogP contribution in [0.3, 0.4) is 0 Å². The molecule has 0 saturated heterocycles. The fourth-order valence-electron chi connectivity index (χ4n) is 4.08. The van der Waals surface area contributed by atoms with Crippen molar-refractivity contribution >= 4 is 38.8 Å². The molecule has 3 aromatic carbocycles. The largest absolute Gasteiger partial charge is 0.497 e. The van der Waals surface area contributed by atoms with Crippen molar-refractivity contribution in [1.29, 1.82) is 0 Å². The van der Waals surface area contributed by atoms with E-state index >= 15 is 0 Å². The molecule has 6 nitrogen and oxygen atoms in total. The highest BCUT2D eigenvalue weighted by Crippen LogP contribution is 2.42. The van der Waals surface area contributed by atoms with Crippen LogP contribution in [0.25, 0.3) is 32.6 Å². The average molecular weight is 496 g/mol. The summed E-state index contributed by atoms with van der Waals surface area (Å²) in [5, 5.41) is 3.71. The highest BCUT2D eigenvalue weighted by molar-refractivity contribution is 7.21. The van der Waals surface area contributed by atoms with E-state index in [0.29, 0.717) is 33.4 Å². The number of nitrogen functional groups attached to an aromatic ring is 1. The van der Waals surface area contributed by atoms with Gasteiger partial charge in [-0.05, 0) is 48.4 Å². The number of carbonyl (C=O) groups is 1. The van der Waals surface area contributed by atoms with Gasteiger partial charge in [0.25, 0.3) is 5.91 Å². The van der Waals surface area contributed by atoms with Crippen molar-refractivity contribution in [2.24, 2.45) is 0 Å². The maximum absolute atomic E-state index is 13.4. The molecule has 7 heteroatoms. The number of nitrogens with two attached hydrogens (primary N) is 1. The number of nitrogens with zero attached hydrogens (tertiary/aromatic N) is 1. The van der Waals surface area contributed by atoms with Gasteiger partial charge in [0.15, 0.2) is 0 Å². The number of amides is 1. The Morgan fingerprint density at radius 3 is 2.42 bits per heavy atom. The fraction of sp³-hybridized carbons (Fsp3) is 0.103. The molecule has 0 spiro atoms. The minimum absolute atomic E-state index is 0.301. The van der Waals surface area contributed by atoms with E-state index in [1.165, 1.54) is 11.3 Å². The number of anilines is 2. The van der Waals surface area contributed by atoms with Crippen molar-refractivity contribution in [3.63, 3.8) is 0 Å². The first-order valence-corrected chi connectivity index (χ1v) is 12.4. The molecule has 3 N–H and O–H groups in total. The Morgan fingerprint density at radius 1 is 0.972 bits per heavy atom. The third-order valence-corrected chi connectivity index (χ3v) is 6.91. The Labute approximate surface area is 213 Å². The molecule has 36 heavy (non-hydrogen) atoms. The van der Waals surface area contributed by atoms with Gasteiger partial charge in [0.05, 0.1) is 30.8 Å². The zero-order valence-corrected chi connectivity index (χ0v) is 20.8. The van der Waals surface area contributed by atoms with E-state index in [0.717, 1.165) is 33.5 Å². The number of hydrogen-bond acceptors (Lipinski definition) is 6. The zero-order chi connectivity index (χ0) is 25.1. The van der Waals surface area contributed by atoms with Gasteiger partial charge in [-0.1, -0.05) is 54.6 Å². The number of para-hydroxylation sites is 2. The first-order chi connectivity index (χ1) is 17.6. The Balaban J connectivity index is 1.64. The van der Waals surface area contributed by atoms with E-state index in [1.807, 2.05) is 85.8 Å². The summed E-state index contributed by atoms with van der Waals surface area (Å²) in [5.41, 5.74) is 11.3. The highest BCUT2D eigenvalue weighted by atomic mass is 32.1. The van der Waals surface area contributed by atoms with Crippen LogP contribution in [0.1, 0.15) is 16.6 Å². The number of carbonyl (C=O) groups excluding carboxylic acids is 1. The van der Waals surface area contributed by atoms with E-state index in [-0.39, 0.29) is 5.91 Å². The van der Waals surface area contributed by atoms with Gasteiger partial charge in [-0.2, -0.15) is 0 Å². The summed E-state index contributed by atoms with van der Waals surface area (Å²) in [6.45, 7) is 2.40. The molecule has 0 fully saturated rings. The van der Waals surface area contributed by atoms with Crippen LogP contribution in [0.5, 0.6) is 11.5 Å². The molecule has 0 bridgehead atoms. The fourth-order valence-corrected chi connectivity index (χ4v) is 5.09. The van der Waals surface area contributed by atoms with Crippen molar-refractivity contribution in [3.05, 3.63) is 89.8 Å². The highest BCUT2D eigenvalue weighted by Gasteiger charge is 2.22. The Bertz CT molecular complexity index is 1530. The second-order valence-electron chi connectivity index (χ2n) is 8.06. The van der Waals surface area contributed by atoms with Crippen molar-refractivity contribution < 1.29 is 14.3 Å². The molecule has 5 aromatic rings. The van der Waals surface area contributed by atoms with Crippen LogP contribution in [-0.2, 0) is 0 Å². The summed E-state index contributed by atoms with van der Waals surface area (Å²) < 4.78 is 11.0. The van der Waals surface area contributed by atoms with Gasteiger partial charge in [0.1, 0.15) is 21.2 Å². The average Bonchev–Trinajstić information content (AvgIpc) is 3.26. The van der Waals surface area contributed by atoms with Crippen LogP contribution >= 0.6 is 11.3 Å². The van der Waals surface area contributed by atoms with Crippen molar-refractivity contribution in [2.75, 3.05) is 24.8 Å². The Morgan fingerprint density at radius 2 is 1.69 bits per heavy atom. The van der Waals surface area contributed by atoms with Crippen LogP contribution in [0, 0.1) is 0 Å². The van der Waals surface area contributed by atoms with Gasteiger partial charge in [-0.25, -0.2) is 4.98 Å². The number of nitrogens with one attached hydrogen (secondary N) is 1. The number of aromatic nitrogens is 1. The van der Waals surface area contributed by atoms with E-state index in [9.17, 15) is 4.79 Å². The third-order valence-electron chi connectivity index (χ3n) is 5.81. The summed E-state index contributed by atoms with van der Waals surface area (Å²) in [7, 11) is 1.64. The van der Waals surface area contributed by atoms with Gasteiger partial charge in [0, 0.05) is 10.9 Å². The minimum Gasteiger partial charge on any atom is -0.497 e. The molecule has 0 aliphatic heterocycles. The second kappa shape index (κ2) is 10.1. The van der Waals surface area contributed by atoms with Crippen LogP contribution in [0.2, 0.25) is 0 Å². The number of thiophene rings is 1. The smallest absolute Gasteiger partial charge is 0.268 e. The molecule has 0 unspecified atom stereocenters. The number of rotatable bonds is 7. The predicted molar refractivity (Wildman–Crippen MR) is 147 cm³/mol. The molecule has 180 valence electrons. The SMILES string of the molecule is CCOc1ccccc1NC(=O)c1sc2nc(-c3ccccc3)cc(-c3ccc(OC)cc3)c2c1N. The third kappa shape index (κ3) is 4.48. The van der Waals surface area contributed by atoms with Crippen molar-refractivity contribution in [3.8, 4) is 33.9 Å². The summed E-state index contributed by atoms with van der Waals surface area (Å²) >= 11 is 1.28. The molecule has 0 atom stereocenters. The number of hydrogen-bond donors (Lipinski definition) is 2. The van der Waals surface area contributed by atoms with Gasteiger partial charge < -0.3 is 20.5 Å². The summed E-state index contributed by atoms with van der Waals surface area (Å²) in [6, 6.07) is 27.1. The van der Waals surface area contributed by atoms with Gasteiger partial charge >= 0.3 is 0 Å². The van der Waals surface area contributed by atoms with Crippen molar-refractivity contribution in [1.82, 2.24) is 4.98 Å². The second-order valence-corrected chi connectivity index (χ2v) is 9.06. The maximum atomic E-state index is 13.4. The number of fused-ring (bicyclic) bond motifs is 1. The van der Waals surface area contributed by atoms with Crippen molar-refractivity contribution in [2.45, 2.75) is 6.92 Å². The first-order valence-electron chi connectivity index (χ1n) is 11.5. The van der Waals surface area contributed by atoms with Gasteiger partial charge in [-0.15, -0.1) is 11.3 Å². The molecule has 5 rings (SSSR count). The topological polar surface area (TPSA) is 86.5 Å². The molecule has 0 aliphatic carbocycles. The van der Waals surface area contributed by atoms with E-state index in [2.05, 4.69) is 5.32 Å². The normalized spacial score (nSPS) is 10.8. The molecule has 1 amide bonds. The van der Waals surface area contributed by atoms with E-state index in [1.54, 1.807) is 13.2 Å². The molecule has 0 aliphatic rings. The van der Waals surface area contributed by atoms with Crippen LogP contribution in [0.4, 0.5) is 11.4 Å². The lowest BCUT2D eigenvalue weighted by Crippen LogP contribution is -2.13. The van der Waals surface area contributed by atoms with Crippen LogP contribution in [0.15, 0.2) is 84.9 Å². The molecule has 0 saturated carbocycles. The molecular weight excluding hydrogens is 470 g/mol. The standard InChI is InChI=1S/C29H25N3O3S/c1-3-35-24-12-8-7-11-22(24)31-28(33)27-26(30)25-21(18-13-15-20(34-2)16-14-18)17-23(32-29(25)36-27)19-9-5-4-6-10-19/h4-17H,3,30H2,1-2H3,(H,31,33). The minimum atomic E-state index is -0.301. The molecule has 2 aromatic heterocycles. The summed E-state index contributed by atoms with van der Waals surface area (Å²) in [5.74, 6) is 1.07. The molecule has 2 heterocycles. The van der Waals surface area contributed by atoms with Gasteiger partial charge in [-0.3, -0.25) is 4.79 Å². The molecule has 0 radical (unpaired) electrons. The summed E-state index contributed by atoms with van der Waals surface area (Å²) in [4.78, 5) is 19.4.